The van der Waals surface area contributed by atoms with E-state index in [0.717, 1.165) is 16.9 Å². The first-order valence-electron chi connectivity index (χ1n) is 8.54. The van der Waals surface area contributed by atoms with Crippen molar-refractivity contribution in [2.75, 3.05) is 26.1 Å². The van der Waals surface area contributed by atoms with Crippen LogP contribution in [0.3, 0.4) is 0 Å². The molecule has 3 aromatic rings. The fourth-order valence-corrected chi connectivity index (χ4v) is 3.28. The molecule has 0 saturated carbocycles. The van der Waals surface area contributed by atoms with Crippen molar-refractivity contribution in [3.05, 3.63) is 64.9 Å². The van der Waals surface area contributed by atoms with E-state index in [1.165, 1.54) is 11.3 Å². The van der Waals surface area contributed by atoms with Gasteiger partial charge in [-0.2, -0.15) is 0 Å². The number of benzene rings is 2. The molecule has 0 aliphatic rings. The third-order valence-electron chi connectivity index (χ3n) is 4.04. The Morgan fingerprint density at radius 2 is 1.79 bits per heavy atom. The van der Waals surface area contributed by atoms with E-state index in [-0.39, 0.29) is 18.4 Å². The first-order valence-corrected chi connectivity index (χ1v) is 9.42. The predicted molar refractivity (Wildman–Crippen MR) is 110 cm³/mol. The molecule has 3 rings (SSSR count). The SMILES string of the molecule is COc1ccc(-c2cc(NC(=O)CNC(=O)c3cccs3)ccc2OC)cc1. The molecule has 1 heterocycles. The van der Waals surface area contributed by atoms with Crippen molar-refractivity contribution in [1.82, 2.24) is 5.32 Å². The summed E-state index contributed by atoms with van der Waals surface area (Å²) in [5, 5.41) is 7.22. The number of anilines is 1. The van der Waals surface area contributed by atoms with E-state index in [2.05, 4.69) is 10.6 Å². The van der Waals surface area contributed by atoms with Crippen LogP contribution in [0, 0.1) is 0 Å². The quantitative estimate of drug-likeness (QED) is 0.637. The Bertz CT molecular complexity index is 953. The van der Waals surface area contributed by atoms with Gasteiger partial charge in [0.1, 0.15) is 11.5 Å². The lowest BCUT2D eigenvalue weighted by molar-refractivity contribution is -0.115. The minimum absolute atomic E-state index is 0.110. The number of carbonyl (C=O) groups is 2. The van der Waals surface area contributed by atoms with Crippen LogP contribution in [0.4, 0.5) is 5.69 Å². The normalized spacial score (nSPS) is 10.2. The Balaban J connectivity index is 1.69. The molecule has 1 aromatic heterocycles. The molecule has 0 bridgehead atoms. The molecular formula is C21H20N2O4S. The Morgan fingerprint density at radius 1 is 1.00 bits per heavy atom. The molecule has 0 radical (unpaired) electrons. The van der Waals surface area contributed by atoms with Crippen LogP contribution in [0.25, 0.3) is 11.1 Å². The number of ether oxygens (including phenoxy) is 2. The molecule has 6 nitrogen and oxygen atoms in total. The van der Waals surface area contributed by atoms with Gasteiger partial charge in [-0.25, -0.2) is 0 Å². The fourth-order valence-electron chi connectivity index (χ4n) is 2.64. The van der Waals surface area contributed by atoms with Crippen molar-refractivity contribution in [3.8, 4) is 22.6 Å². The zero-order valence-corrected chi connectivity index (χ0v) is 16.3. The smallest absolute Gasteiger partial charge is 0.261 e. The van der Waals surface area contributed by atoms with Crippen LogP contribution in [0.1, 0.15) is 9.67 Å². The lowest BCUT2D eigenvalue weighted by Gasteiger charge is -2.13. The van der Waals surface area contributed by atoms with Crippen LogP contribution in [0.2, 0.25) is 0 Å². The third kappa shape index (κ3) is 4.69. The standard InChI is InChI=1S/C21H20N2O4S/c1-26-16-8-5-14(6-9-16)17-12-15(7-10-18(17)27-2)23-20(24)13-22-21(25)19-4-3-11-28-19/h3-12H,13H2,1-2H3,(H,22,25)(H,23,24). The molecular weight excluding hydrogens is 376 g/mol. The summed E-state index contributed by atoms with van der Waals surface area (Å²) in [5.74, 6) is 0.873. The minimum Gasteiger partial charge on any atom is -0.497 e. The van der Waals surface area contributed by atoms with E-state index in [1.807, 2.05) is 35.7 Å². The Kier molecular flexibility index (Phi) is 6.29. The maximum atomic E-state index is 12.2. The highest BCUT2D eigenvalue weighted by atomic mass is 32.1. The number of thiophene rings is 1. The second-order valence-corrected chi connectivity index (χ2v) is 6.80. The highest BCUT2D eigenvalue weighted by Gasteiger charge is 2.11. The Hall–Kier alpha value is -3.32. The van der Waals surface area contributed by atoms with Gasteiger partial charge in [0.2, 0.25) is 5.91 Å². The second-order valence-electron chi connectivity index (χ2n) is 5.85. The van der Waals surface area contributed by atoms with E-state index in [4.69, 9.17) is 9.47 Å². The molecule has 0 fully saturated rings. The summed E-state index contributed by atoms with van der Waals surface area (Å²) in [5.41, 5.74) is 2.38. The molecule has 2 amide bonds. The predicted octanol–water partition coefficient (Wildman–Crippen LogP) is 3.80. The van der Waals surface area contributed by atoms with Crippen molar-refractivity contribution < 1.29 is 19.1 Å². The van der Waals surface area contributed by atoms with Gasteiger partial charge in [0.05, 0.1) is 25.6 Å². The summed E-state index contributed by atoms with van der Waals surface area (Å²) < 4.78 is 10.6. The van der Waals surface area contributed by atoms with E-state index in [0.29, 0.717) is 16.3 Å². The topological polar surface area (TPSA) is 76.7 Å². The van der Waals surface area contributed by atoms with Gasteiger partial charge in [0, 0.05) is 11.3 Å². The van der Waals surface area contributed by atoms with Gasteiger partial charge in [-0.3, -0.25) is 9.59 Å². The number of amides is 2. The van der Waals surface area contributed by atoms with Gasteiger partial charge in [0.25, 0.3) is 5.91 Å². The van der Waals surface area contributed by atoms with E-state index in [9.17, 15) is 9.59 Å². The summed E-state index contributed by atoms with van der Waals surface area (Å²) in [6, 6.07) is 16.4. The van der Waals surface area contributed by atoms with Crippen molar-refractivity contribution in [3.63, 3.8) is 0 Å². The summed E-state index contributed by atoms with van der Waals surface area (Å²) in [6.07, 6.45) is 0. The maximum absolute atomic E-state index is 12.2. The number of carbonyl (C=O) groups excluding carboxylic acids is 2. The van der Waals surface area contributed by atoms with Crippen LogP contribution in [-0.4, -0.2) is 32.6 Å². The Morgan fingerprint density at radius 3 is 2.43 bits per heavy atom. The number of rotatable bonds is 7. The van der Waals surface area contributed by atoms with Crippen LogP contribution >= 0.6 is 11.3 Å². The number of methoxy groups -OCH3 is 2. The van der Waals surface area contributed by atoms with Gasteiger partial charge in [-0.1, -0.05) is 18.2 Å². The van der Waals surface area contributed by atoms with Crippen LogP contribution < -0.4 is 20.1 Å². The summed E-state index contributed by atoms with van der Waals surface area (Å²) >= 11 is 1.33. The number of hydrogen-bond donors (Lipinski definition) is 2. The van der Waals surface area contributed by atoms with Gasteiger partial charge in [-0.05, 0) is 47.3 Å². The average molecular weight is 396 g/mol. The first-order chi connectivity index (χ1) is 13.6. The summed E-state index contributed by atoms with van der Waals surface area (Å²) in [6.45, 7) is -0.110. The zero-order valence-electron chi connectivity index (χ0n) is 15.5. The molecule has 28 heavy (non-hydrogen) atoms. The van der Waals surface area contributed by atoms with Crippen molar-refractivity contribution in [2.45, 2.75) is 0 Å². The van der Waals surface area contributed by atoms with Crippen LogP contribution in [0.5, 0.6) is 11.5 Å². The first kappa shape index (κ1) is 19.4. The van der Waals surface area contributed by atoms with Crippen LogP contribution in [0.15, 0.2) is 60.0 Å². The summed E-state index contributed by atoms with van der Waals surface area (Å²) in [4.78, 5) is 24.7. The monoisotopic (exact) mass is 396 g/mol. The highest BCUT2D eigenvalue weighted by Crippen LogP contribution is 2.33. The molecule has 0 spiro atoms. The molecule has 0 atom stereocenters. The Labute approximate surface area is 167 Å². The van der Waals surface area contributed by atoms with Gasteiger partial charge >= 0.3 is 0 Å². The van der Waals surface area contributed by atoms with Crippen molar-refractivity contribution in [1.29, 1.82) is 0 Å². The lowest BCUT2D eigenvalue weighted by Crippen LogP contribution is -2.32. The van der Waals surface area contributed by atoms with Gasteiger partial charge < -0.3 is 20.1 Å². The molecule has 0 aliphatic carbocycles. The van der Waals surface area contributed by atoms with Gasteiger partial charge in [0.15, 0.2) is 0 Å². The minimum atomic E-state index is -0.309. The van der Waals surface area contributed by atoms with E-state index in [1.54, 1.807) is 38.5 Å². The van der Waals surface area contributed by atoms with Crippen molar-refractivity contribution in [2.24, 2.45) is 0 Å². The molecule has 144 valence electrons. The average Bonchev–Trinajstić information content (AvgIpc) is 3.27. The second kappa shape index (κ2) is 9.05. The summed E-state index contributed by atoms with van der Waals surface area (Å²) in [7, 11) is 3.21. The molecule has 2 aromatic carbocycles. The molecule has 7 heteroatoms. The molecule has 0 unspecified atom stereocenters. The number of nitrogens with one attached hydrogen (secondary N) is 2. The van der Waals surface area contributed by atoms with Crippen molar-refractivity contribution >= 4 is 28.8 Å². The third-order valence-corrected chi connectivity index (χ3v) is 4.91. The molecule has 2 N–H and O–H groups in total. The lowest BCUT2D eigenvalue weighted by atomic mass is 10.0. The highest BCUT2D eigenvalue weighted by molar-refractivity contribution is 7.12. The molecule has 0 saturated heterocycles. The fraction of sp³-hybridized carbons (Fsp3) is 0.143. The van der Waals surface area contributed by atoms with E-state index >= 15 is 0 Å². The maximum Gasteiger partial charge on any atom is 0.261 e. The van der Waals surface area contributed by atoms with E-state index < -0.39 is 0 Å². The number of hydrogen-bond acceptors (Lipinski definition) is 5. The largest absolute Gasteiger partial charge is 0.497 e. The molecule has 0 aliphatic heterocycles. The van der Waals surface area contributed by atoms with Gasteiger partial charge in [-0.15, -0.1) is 11.3 Å². The zero-order chi connectivity index (χ0) is 19.9. The van der Waals surface area contributed by atoms with Crippen LogP contribution in [-0.2, 0) is 4.79 Å².